The molecule has 0 unspecified atom stereocenters. The number of rotatable bonds is 5. The Morgan fingerprint density at radius 2 is 1.74 bits per heavy atom. The third kappa shape index (κ3) is 3.81. The summed E-state index contributed by atoms with van der Waals surface area (Å²) < 4.78 is 40.2. The molecule has 2 aliphatic heterocycles. The highest BCUT2D eigenvalue weighted by Gasteiger charge is 2.45. The Labute approximate surface area is 224 Å². The first-order chi connectivity index (χ1) is 18.3. The number of hydrogen-bond acceptors (Lipinski definition) is 5. The van der Waals surface area contributed by atoms with Gasteiger partial charge in [0.15, 0.2) is 11.5 Å². The van der Waals surface area contributed by atoms with Crippen molar-refractivity contribution in [3.63, 3.8) is 0 Å². The standard InChI is InChI=1S/C30H32N2O5S/c1-19-10-12-22(13-11-19)38(34,35)32-15-6-9-24(32)30(33)31-16-14-21-18-26(36-2)29(37-3)28-23-8-5-4-7-20(23)17-25(31)27(21)28/h4-5,7-8,10-13,18,24-25H,6,9,14-17H2,1-3H3/t24-,25-/m0/s1. The largest absolute Gasteiger partial charge is 0.493 e. The first-order valence-electron chi connectivity index (χ1n) is 13.1. The van der Waals surface area contributed by atoms with Crippen molar-refractivity contribution in [1.82, 2.24) is 9.21 Å². The zero-order chi connectivity index (χ0) is 26.6. The van der Waals surface area contributed by atoms with E-state index in [1.165, 1.54) is 4.31 Å². The SMILES string of the molecule is COc1cc2c3c(c1OC)-c1ccccc1C[C@@H]3N(C(=O)[C@@H]1CCCN1S(=O)(=O)c1ccc(C)cc1)CC2. The minimum Gasteiger partial charge on any atom is -0.493 e. The highest BCUT2D eigenvalue weighted by molar-refractivity contribution is 7.89. The Morgan fingerprint density at radius 1 is 0.974 bits per heavy atom. The lowest BCUT2D eigenvalue weighted by Gasteiger charge is -2.43. The second kappa shape index (κ2) is 9.43. The van der Waals surface area contributed by atoms with Gasteiger partial charge in [-0.05, 0) is 73.1 Å². The summed E-state index contributed by atoms with van der Waals surface area (Å²) in [4.78, 5) is 16.4. The Bertz CT molecular complexity index is 1520. The molecule has 3 aromatic rings. The summed E-state index contributed by atoms with van der Waals surface area (Å²) >= 11 is 0. The number of ether oxygens (including phenoxy) is 2. The highest BCUT2D eigenvalue weighted by atomic mass is 32.2. The highest BCUT2D eigenvalue weighted by Crippen LogP contribution is 2.52. The molecule has 3 aromatic carbocycles. The van der Waals surface area contributed by atoms with Crippen molar-refractivity contribution >= 4 is 15.9 Å². The Balaban J connectivity index is 1.41. The molecule has 0 saturated carbocycles. The van der Waals surface area contributed by atoms with Crippen LogP contribution in [0.3, 0.4) is 0 Å². The van der Waals surface area contributed by atoms with E-state index in [-0.39, 0.29) is 16.8 Å². The molecule has 3 aliphatic rings. The van der Waals surface area contributed by atoms with Gasteiger partial charge in [-0.2, -0.15) is 4.31 Å². The van der Waals surface area contributed by atoms with Gasteiger partial charge in [0.25, 0.3) is 0 Å². The van der Waals surface area contributed by atoms with Crippen LogP contribution >= 0.6 is 0 Å². The second-order valence-corrected chi connectivity index (χ2v) is 12.2. The average Bonchev–Trinajstić information content (AvgIpc) is 3.44. The predicted octanol–water partition coefficient (Wildman–Crippen LogP) is 4.51. The molecular formula is C30H32N2O5S. The quantitative estimate of drug-likeness (QED) is 0.483. The zero-order valence-corrected chi connectivity index (χ0v) is 22.8. The van der Waals surface area contributed by atoms with Gasteiger partial charge in [-0.1, -0.05) is 42.0 Å². The van der Waals surface area contributed by atoms with Gasteiger partial charge in [0.1, 0.15) is 6.04 Å². The Kier molecular flexibility index (Phi) is 6.19. The molecule has 1 fully saturated rings. The number of benzene rings is 3. The summed E-state index contributed by atoms with van der Waals surface area (Å²) in [7, 11) is -0.498. The van der Waals surface area contributed by atoms with Gasteiger partial charge in [-0.3, -0.25) is 4.79 Å². The first kappa shape index (κ1) is 24.9. The van der Waals surface area contributed by atoms with Gasteiger partial charge in [0, 0.05) is 18.7 Å². The summed E-state index contributed by atoms with van der Waals surface area (Å²) in [6, 6.07) is 16.2. The third-order valence-corrected chi connectivity index (χ3v) is 10.1. The van der Waals surface area contributed by atoms with Crippen LogP contribution in [0.1, 0.15) is 41.1 Å². The molecule has 2 atom stereocenters. The van der Waals surface area contributed by atoms with Crippen LogP contribution in [-0.4, -0.2) is 56.9 Å². The van der Waals surface area contributed by atoms with Crippen molar-refractivity contribution in [2.45, 2.75) is 49.6 Å². The van der Waals surface area contributed by atoms with Gasteiger partial charge in [-0.15, -0.1) is 0 Å². The molecule has 0 radical (unpaired) electrons. The predicted molar refractivity (Wildman–Crippen MR) is 145 cm³/mol. The fourth-order valence-corrected chi connectivity index (χ4v) is 8.06. The van der Waals surface area contributed by atoms with E-state index in [4.69, 9.17) is 9.47 Å². The van der Waals surface area contributed by atoms with Gasteiger partial charge in [0.2, 0.25) is 15.9 Å². The van der Waals surface area contributed by atoms with Crippen LogP contribution in [0, 0.1) is 6.92 Å². The van der Waals surface area contributed by atoms with Crippen LogP contribution in [0.5, 0.6) is 11.5 Å². The Morgan fingerprint density at radius 3 is 2.47 bits per heavy atom. The molecule has 1 amide bonds. The second-order valence-electron chi connectivity index (χ2n) is 10.3. The van der Waals surface area contributed by atoms with Gasteiger partial charge in [0.05, 0.1) is 25.2 Å². The number of nitrogens with zero attached hydrogens (tertiary/aromatic N) is 2. The number of methoxy groups -OCH3 is 2. The molecule has 1 saturated heterocycles. The first-order valence-corrected chi connectivity index (χ1v) is 14.5. The smallest absolute Gasteiger partial charge is 0.243 e. The lowest BCUT2D eigenvalue weighted by Crippen LogP contribution is -2.51. The number of aryl methyl sites for hydroxylation is 1. The molecule has 38 heavy (non-hydrogen) atoms. The molecular weight excluding hydrogens is 500 g/mol. The lowest BCUT2D eigenvalue weighted by atomic mass is 9.76. The summed E-state index contributed by atoms with van der Waals surface area (Å²) in [5.74, 6) is 1.23. The third-order valence-electron chi connectivity index (χ3n) is 8.23. The maximum absolute atomic E-state index is 14.2. The van der Waals surface area contributed by atoms with Crippen molar-refractivity contribution in [3.8, 4) is 22.6 Å². The Hall–Kier alpha value is -3.36. The number of amides is 1. The molecule has 0 aromatic heterocycles. The van der Waals surface area contributed by atoms with Crippen molar-refractivity contribution in [3.05, 3.63) is 76.9 Å². The van der Waals surface area contributed by atoms with Crippen molar-refractivity contribution in [1.29, 1.82) is 0 Å². The summed E-state index contributed by atoms with van der Waals surface area (Å²) in [5.41, 5.74) is 6.43. The van der Waals surface area contributed by atoms with E-state index in [9.17, 15) is 13.2 Å². The number of hydrogen-bond donors (Lipinski definition) is 0. The summed E-state index contributed by atoms with van der Waals surface area (Å²) in [6.07, 6.45) is 2.53. The molecule has 1 aliphatic carbocycles. The molecule has 2 heterocycles. The number of sulfonamides is 1. The van der Waals surface area contributed by atoms with E-state index >= 15 is 0 Å². The summed E-state index contributed by atoms with van der Waals surface area (Å²) in [5, 5.41) is 0. The monoisotopic (exact) mass is 532 g/mol. The van der Waals surface area contributed by atoms with Crippen LogP contribution in [0.25, 0.3) is 11.1 Å². The number of fused-ring (bicyclic) bond motifs is 2. The molecule has 198 valence electrons. The minimum absolute atomic E-state index is 0.117. The molecule has 6 rings (SSSR count). The van der Waals surface area contributed by atoms with E-state index in [2.05, 4.69) is 12.1 Å². The lowest BCUT2D eigenvalue weighted by molar-refractivity contribution is -0.137. The van der Waals surface area contributed by atoms with E-state index < -0.39 is 16.1 Å². The van der Waals surface area contributed by atoms with Crippen LogP contribution in [0.2, 0.25) is 0 Å². The van der Waals surface area contributed by atoms with Crippen LogP contribution in [-0.2, 0) is 27.7 Å². The van der Waals surface area contributed by atoms with E-state index in [0.717, 1.165) is 33.4 Å². The fraction of sp³-hybridized carbons (Fsp3) is 0.367. The average molecular weight is 533 g/mol. The topological polar surface area (TPSA) is 76.2 Å². The molecule has 0 N–H and O–H groups in total. The summed E-state index contributed by atoms with van der Waals surface area (Å²) in [6.45, 7) is 2.80. The van der Waals surface area contributed by atoms with E-state index in [1.54, 1.807) is 38.5 Å². The van der Waals surface area contributed by atoms with Crippen LogP contribution in [0.15, 0.2) is 59.5 Å². The minimum atomic E-state index is -3.79. The molecule has 7 nitrogen and oxygen atoms in total. The van der Waals surface area contributed by atoms with Gasteiger partial charge < -0.3 is 14.4 Å². The van der Waals surface area contributed by atoms with Crippen molar-refractivity contribution in [2.75, 3.05) is 27.3 Å². The number of carbonyl (C=O) groups excluding carboxylic acids is 1. The van der Waals surface area contributed by atoms with E-state index in [1.807, 2.05) is 30.0 Å². The zero-order valence-electron chi connectivity index (χ0n) is 21.9. The van der Waals surface area contributed by atoms with Crippen molar-refractivity contribution in [2.24, 2.45) is 0 Å². The fourth-order valence-electron chi connectivity index (χ4n) is 6.41. The normalized spacial score (nSPS) is 20.6. The molecule has 0 bridgehead atoms. The maximum Gasteiger partial charge on any atom is 0.243 e. The molecule has 0 spiro atoms. The van der Waals surface area contributed by atoms with Crippen molar-refractivity contribution < 1.29 is 22.7 Å². The van der Waals surface area contributed by atoms with E-state index in [0.29, 0.717) is 50.3 Å². The maximum atomic E-state index is 14.2. The van der Waals surface area contributed by atoms with Crippen LogP contribution in [0.4, 0.5) is 0 Å². The molecule has 8 heteroatoms. The van der Waals surface area contributed by atoms with Gasteiger partial charge in [-0.25, -0.2) is 8.42 Å². The van der Waals surface area contributed by atoms with Gasteiger partial charge >= 0.3 is 0 Å². The van der Waals surface area contributed by atoms with Crippen LogP contribution < -0.4 is 9.47 Å². The number of carbonyl (C=O) groups is 1.